The number of amides is 1. The summed E-state index contributed by atoms with van der Waals surface area (Å²) in [7, 11) is 0. The summed E-state index contributed by atoms with van der Waals surface area (Å²) < 4.78 is 1.87. The van der Waals surface area contributed by atoms with Crippen molar-refractivity contribution in [2.45, 2.75) is 5.16 Å². The van der Waals surface area contributed by atoms with Crippen molar-refractivity contribution in [3.63, 3.8) is 0 Å². The molecule has 0 aliphatic rings. The van der Waals surface area contributed by atoms with Crippen molar-refractivity contribution in [1.82, 2.24) is 25.2 Å². The molecule has 0 radical (unpaired) electrons. The van der Waals surface area contributed by atoms with Gasteiger partial charge in [-0.3, -0.25) is 14.3 Å². The number of hydrogen-bond donors (Lipinski definition) is 1. The molecule has 0 atom stereocenters. The SMILES string of the molecule is O=C(CSc1nnc(-c2ccncc2)n1-c1ccc(Cl)cc1)NN=Cc1ccccc1Cl. The van der Waals surface area contributed by atoms with Gasteiger partial charge >= 0.3 is 0 Å². The molecule has 4 aromatic rings. The third kappa shape index (κ3) is 5.34. The minimum atomic E-state index is -0.283. The van der Waals surface area contributed by atoms with E-state index in [0.717, 1.165) is 11.3 Å². The van der Waals surface area contributed by atoms with E-state index in [1.54, 1.807) is 30.6 Å². The van der Waals surface area contributed by atoms with E-state index in [1.807, 2.05) is 47.0 Å². The van der Waals surface area contributed by atoms with Crippen molar-refractivity contribution >= 4 is 47.1 Å². The summed E-state index contributed by atoms with van der Waals surface area (Å²) in [6.45, 7) is 0. The zero-order chi connectivity index (χ0) is 22.3. The Hall–Kier alpha value is -3.20. The molecule has 0 spiro atoms. The second kappa shape index (κ2) is 10.4. The Balaban J connectivity index is 1.51. The molecule has 4 rings (SSSR count). The van der Waals surface area contributed by atoms with Gasteiger partial charge in [0, 0.05) is 39.3 Å². The highest BCUT2D eigenvalue weighted by Crippen LogP contribution is 2.28. The van der Waals surface area contributed by atoms with Crippen molar-refractivity contribution in [1.29, 1.82) is 0 Å². The van der Waals surface area contributed by atoms with Crippen LogP contribution in [0.25, 0.3) is 17.1 Å². The lowest BCUT2D eigenvalue weighted by Gasteiger charge is -2.10. The highest BCUT2D eigenvalue weighted by molar-refractivity contribution is 7.99. The summed E-state index contributed by atoms with van der Waals surface area (Å²) in [5, 5.41) is 14.3. The number of nitrogens with one attached hydrogen (secondary N) is 1. The van der Waals surface area contributed by atoms with Crippen molar-refractivity contribution in [3.05, 3.63) is 88.7 Å². The summed E-state index contributed by atoms with van der Waals surface area (Å²) in [5.41, 5.74) is 4.89. The van der Waals surface area contributed by atoms with Gasteiger partial charge in [-0.15, -0.1) is 10.2 Å². The van der Waals surface area contributed by atoms with Crippen molar-refractivity contribution < 1.29 is 4.79 Å². The summed E-state index contributed by atoms with van der Waals surface area (Å²) in [4.78, 5) is 16.4. The second-order valence-electron chi connectivity index (χ2n) is 6.46. The van der Waals surface area contributed by atoms with Crippen LogP contribution in [0.3, 0.4) is 0 Å². The van der Waals surface area contributed by atoms with E-state index in [2.05, 4.69) is 25.7 Å². The topological polar surface area (TPSA) is 85.1 Å². The molecule has 32 heavy (non-hydrogen) atoms. The van der Waals surface area contributed by atoms with Crippen LogP contribution in [0.4, 0.5) is 0 Å². The van der Waals surface area contributed by atoms with Crippen LogP contribution in [0.1, 0.15) is 5.56 Å². The standard InChI is InChI=1S/C22H16Cl2N6OS/c23-17-5-7-18(8-6-17)30-21(15-9-11-25-12-10-15)28-29-22(30)32-14-20(31)27-26-13-16-3-1-2-4-19(16)24/h1-13H,14H2,(H,27,31). The normalized spacial score (nSPS) is 11.1. The summed E-state index contributed by atoms with van der Waals surface area (Å²) >= 11 is 13.4. The van der Waals surface area contributed by atoms with E-state index >= 15 is 0 Å². The van der Waals surface area contributed by atoms with Gasteiger partial charge in [0.1, 0.15) is 0 Å². The fraction of sp³-hybridized carbons (Fsp3) is 0.0455. The molecule has 1 amide bonds. The van der Waals surface area contributed by atoms with E-state index in [4.69, 9.17) is 23.2 Å². The van der Waals surface area contributed by atoms with Gasteiger partial charge in [-0.2, -0.15) is 5.10 Å². The number of hydrogen-bond acceptors (Lipinski definition) is 6. The number of carbonyl (C=O) groups is 1. The van der Waals surface area contributed by atoms with E-state index in [9.17, 15) is 4.79 Å². The lowest BCUT2D eigenvalue weighted by atomic mass is 10.2. The first-order valence-electron chi connectivity index (χ1n) is 9.43. The van der Waals surface area contributed by atoms with Gasteiger partial charge in [-0.25, -0.2) is 5.43 Å². The number of benzene rings is 2. The molecule has 0 unspecified atom stereocenters. The second-order valence-corrected chi connectivity index (χ2v) is 8.24. The number of rotatable bonds is 7. The van der Waals surface area contributed by atoms with Crippen molar-refractivity contribution in [2.75, 3.05) is 5.75 Å². The van der Waals surface area contributed by atoms with Gasteiger partial charge in [0.05, 0.1) is 12.0 Å². The highest BCUT2D eigenvalue weighted by atomic mass is 35.5. The number of pyridine rings is 1. The maximum absolute atomic E-state index is 12.3. The molecule has 0 fully saturated rings. The number of aromatic nitrogens is 4. The molecule has 2 heterocycles. The van der Waals surface area contributed by atoms with Gasteiger partial charge < -0.3 is 0 Å². The minimum absolute atomic E-state index is 0.0991. The van der Waals surface area contributed by atoms with Crippen LogP contribution >= 0.6 is 35.0 Å². The zero-order valence-corrected chi connectivity index (χ0v) is 18.8. The largest absolute Gasteiger partial charge is 0.272 e. The highest BCUT2D eigenvalue weighted by Gasteiger charge is 2.17. The third-order valence-corrected chi connectivity index (χ3v) is 5.81. The Labute approximate surface area is 198 Å². The van der Waals surface area contributed by atoms with Crippen LogP contribution in [-0.4, -0.2) is 37.6 Å². The molecule has 0 bridgehead atoms. The molecular formula is C22H16Cl2N6OS. The number of thioether (sulfide) groups is 1. The predicted octanol–water partition coefficient (Wildman–Crippen LogP) is 4.88. The van der Waals surface area contributed by atoms with Crippen LogP contribution in [0.2, 0.25) is 10.0 Å². The molecule has 7 nitrogen and oxygen atoms in total. The van der Waals surface area contributed by atoms with Crippen LogP contribution < -0.4 is 5.43 Å². The number of nitrogens with zero attached hydrogens (tertiary/aromatic N) is 5. The van der Waals surface area contributed by atoms with Gasteiger partial charge in [0.15, 0.2) is 11.0 Å². The quantitative estimate of drug-likeness (QED) is 0.230. The molecule has 1 N–H and O–H groups in total. The average Bonchev–Trinajstić information content (AvgIpc) is 3.24. The van der Waals surface area contributed by atoms with Gasteiger partial charge in [-0.05, 0) is 42.5 Å². The van der Waals surface area contributed by atoms with E-state index in [1.165, 1.54) is 18.0 Å². The Bertz CT molecular complexity index is 1250. The first kappa shape index (κ1) is 22.0. The average molecular weight is 483 g/mol. The number of carbonyl (C=O) groups excluding carboxylic acids is 1. The number of hydrazone groups is 1. The Morgan fingerprint density at radius 2 is 1.78 bits per heavy atom. The maximum Gasteiger partial charge on any atom is 0.250 e. The molecule has 0 aliphatic carbocycles. The minimum Gasteiger partial charge on any atom is -0.272 e. The first-order valence-corrected chi connectivity index (χ1v) is 11.2. The van der Waals surface area contributed by atoms with Gasteiger partial charge in [-0.1, -0.05) is 53.2 Å². The van der Waals surface area contributed by atoms with E-state index in [0.29, 0.717) is 26.6 Å². The third-order valence-electron chi connectivity index (χ3n) is 4.29. The zero-order valence-electron chi connectivity index (χ0n) is 16.5. The summed E-state index contributed by atoms with van der Waals surface area (Å²) in [6, 6.07) is 18.2. The predicted molar refractivity (Wildman–Crippen MR) is 128 cm³/mol. The van der Waals surface area contributed by atoms with Crippen molar-refractivity contribution in [2.24, 2.45) is 5.10 Å². The molecule has 2 aromatic heterocycles. The lowest BCUT2D eigenvalue weighted by molar-refractivity contribution is -0.118. The summed E-state index contributed by atoms with van der Waals surface area (Å²) in [5.74, 6) is 0.450. The smallest absolute Gasteiger partial charge is 0.250 e. The molecule has 160 valence electrons. The Kier molecular flexibility index (Phi) is 7.16. The van der Waals surface area contributed by atoms with E-state index < -0.39 is 0 Å². The van der Waals surface area contributed by atoms with Crippen LogP contribution in [0.15, 0.2) is 83.3 Å². The molecule has 2 aromatic carbocycles. The molecular weight excluding hydrogens is 467 g/mol. The molecule has 10 heteroatoms. The maximum atomic E-state index is 12.3. The fourth-order valence-electron chi connectivity index (χ4n) is 2.79. The summed E-state index contributed by atoms with van der Waals surface area (Å²) in [6.07, 6.45) is 4.88. The molecule has 0 aliphatic heterocycles. The number of halogens is 2. The van der Waals surface area contributed by atoms with Crippen LogP contribution in [0.5, 0.6) is 0 Å². The van der Waals surface area contributed by atoms with Gasteiger partial charge in [0.25, 0.3) is 5.91 Å². The fourth-order valence-corrected chi connectivity index (χ4v) is 3.85. The first-order chi connectivity index (χ1) is 15.6. The monoisotopic (exact) mass is 482 g/mol. The van der Waals surface area contributed by atoms with Crippen LogP contribution in [-0.2, 0) is 4.79 Å². The molecule has 0 saturated carbocycles. The lowest BCUT2D eigenvalue weighted by Crippen LogP contribution is -2.20. The molecule has 0 saturated heterocycles. The van der Waals surface area contributed by atoms with Crippen molar-refractivity contribution in [3.8, 4) is 17.1 Å². The Morgan fingerprint density at radius 3 is 2.53 bits per heavy atom. The van der Waals surface area contributed by atoms with Gasteiger partial charge in [0.2, 0.25) is 0 Å². The van der Waals surface area contributed by atoms with Crippen LogP contribution in [0, 0.1) is 0 Å². The van der Waals surface area contributed by atoms with E-state index in [-0.39, 0.29) is 11.7 Å². The Morgan fingerprint density at radius 1 is 1.03 bits per heavy atom.